The predicted octanol–water partition coefficient (Wildman–Crippen LogP) is 3.20. The van der Waals surface area contributed by atoms with Gasteiger partial charge in [0.05, 0.1) is 6.20 Å². The van der Waals surface area contributed by atoms with Gasteiger partial charge in [-0.1, -0.05) is 0 Å². The van der Waals surface area contributed by atoms with Crippen LogP contribution in [0.3, 0.4) is 0 Å². The first-order valence-corrected chi connectivity index (χ1v) is 8.77. The van der Waals surface area contributed by atoms with Gasteiger partial charge >= 0.3 is 0 Å². The first-order valence-electron chi connectivity index (χ1n) is 7.70. The van der Waals surface area contributed by atoms with Gasteiger partial charge < -0.3 is 10.1 Å². The SMILES string of the molecule is O=C(NC1CCC(Oc2cnccn2)CC1)c1ccc(I)cc1. The maximum absolute atomic E-state index is 12.2. The van der Waals surface area contributed by atoms with Crippen LogP contribution in [-0.2, 0) is 0 Å². The van der Waals surface area contributed by atoms with Crippen LogP contribution in [0.15, 0.2) is 42.9 Å². The molecule has 2 aromatic rings. The first kappa shape index (κ1) is 16.2. The number of nitrogens with one attached hydrogen (secondary N) is 1. The van der Waals surface area contributed by atoms with Crippen molar-refractivity contribution in [3.05, 3.63) is 52.0 Å². The molecule has 1 fully saturated rings. The van der Waals surface area contributed by atoms with Gasteiger partial charge in [0.15, 0.2) is 0 Å². The van der Waals surface area contributed by atoms with Crippen LogP contribution in [0.5, 0.6) is 5.88 Å². The minimum Gasteiger partial charge on any atom is -0.473 e. The molecule has 0 radical (unpaired) electrons. The van der Waals surface area contributed by atoms with E-state index in [-0.39, 0.29) is 18.1 Å². The van der Waals surface area contributed by atoms with E-state index in [2.05, 4.69) is 37.9 Å². The van der Waals surface area contributed by atoms with Crippen molar-refractivity contribution < 1.29 is 9.53 Å². The molecule has 0 aliphatic heterocycles. The van der Waals surface area contributed by atoms with Crippen molar-refractivity contribution >= 4 is 28.5 Å². The van der Waals surface area contributed by atoms with Crippen molar-refractivity contribution in [1.82, 2.24) is 15.3 Å². The number of amides is 1. The fourth-order valence-corrected chi connectivity index (χ4v) is 3.07. The van der Waals surface area contributed by atoms with Gasteiger partial charge in [-0.15, -0.1) is 0 Å². The fourth-order valence-electron chi connectivity index (χ4n) is 2.71. The second kappa shape index (κ2) is 7.72. The minimum atomic E-state index is -0.000283. The van der Waals surface area contributed by atoms with E-state index in [4.69, 9.17) is 4.74 Å². The molecule has 3 rings (SSSR count). The van der Waals surface area contributed by atoms with Crippen LogP contribution in [0.25, 0.3) is 0 Å². The molecule has 23 heavy (non-hydrogen) atoms. The minimum absolute atomic E-state index is 0.000283. The maximum atomic E-state index is 12.2. The summed E-state index contributed by atoms with van der Waals surface area (Å²) >= 11 is 2.23. The molecule has 1 aromatic heterocycles. The second-order valence-electron chi connectivity index (χ2n) is 5.62. The van der Waals surface area contributed by atoms with E-state index < -0.39 is 0 Å². The van der Waals surface area contributed by atoms with Crippen LogP contribution in [0.1, 0.15) is 36.0 Å². The highest BCUT2D eigenvalue weighted by molar-refractivity contribution is 14.1. The highest BCUT2D eigenvalue weighted by Crippen LogP contribution is 2.22. The number of carbonyl (C=O) groups excluding carboxylic acids is 1. The molecule has 0 unspecified atom stereocenters. The number of hydrogen-bond acceptors (Lipinski definition) is 4. The Morgan fingerprint density at radius 3 is 2.52 bits per heavy atom. The third-order valence-corrected chi connectivity index (χ3v) is 4.66. The third kappa shape index (κ3) is 4.63. The lowest BCUT2D eigenvalue weighted by Gasteiger charge is -2.29. The second-order valence-corrected chi connectivity index (χ2v) is 6.86. The average molecular weight is 423 g/mol. The average Bonchev–Trinajstić information content (AvgIpc) is 2.58. The van der Waals surface area contributed by atoms with Gasteiger partial charge in [0.2, 0.25) is 5.88 Å². The number of ether oxygens (including phenoxy) is 1. The molecule has 0 atom stereocenters. The Kier molecular flexibility index (Phi) is 5.43. The molecule has 1 aliphatic carbocycles. The number of hydrogen-bond donors (Lipinski definition) is 1. The molecule has 0 spiro atoms. The summed E-state index contributed by atoms with van der Waals surface area (Å²) in [4.78, 5) is 20.4. The standard InChI is InChI=1S/C17H18IN3O2/c18-13-3-1-12(2-4-13)17(22)21-14-5-7-15(8-6-14)23-16-11-19-9-10-20-16/h1-4,9-11,14-15H,5-8H2,(H,21,22). The van der Waals surface area contributed by atoms with E-state index in [1.54, 1.807) is 18.6 Å². The highest BCUT2D eigenvalue weighted by Gasteiger charge is 2.24. The van der Waals surface area contributed by atoms with E-state index in [0.29, 0.717) is 11.4 Å². The Balaban J connectivity index is 1.47. The molecule has 1 saturated carbocycles. The number of halogens is 1. The number of aromatic nitrogens is 2. The molecule has 0 bridgehead atoms. The van der Waals surface area contributed by atoms with E-state index in [9.17, 15) is 4.79 Å². The van der Waals surface area contributed by atoms with E-state index in [1.807, 2.05) is 24.3 Å². The molecule has 1 aliphatic rings. The van der Waals surface area contributed by atoms with Crippen molar-refractivity contribution in [3.8, 4) is 5.88 Å². The summed E-state index contributed by atoms with van der Waals surface area (Å²) in [5.74, 6) is 0.568. The zero-order valence-corrected chi connectivity index (χ0v) is 14.8. The molecule has 1 aromatic carbocycles. The fraction of sp³-hybridized carbons (Fsp3) is 0.353. The van der Waals surface area contributed by atoms with Crippen molar-refractivity contribution in [3.63, 3.8) is 0 Å². The normalized spacial score (nSPS) is 20.7. The molecule has 1 N–H and O–H groups in total. The summed E-state index contributed by atoms with van der Waals surface area (Å²) in [7, 11) is 0. The number of nitrogens with zero attached hydrogens (tertiary/aromatic N) is 2. The lowest BCUT2D eigenvalue weighted by molar-refractivity contribution is 0.0890. The van der Waals surface area contributed by atoms with Crippen molar-refractivity contribution in [2.45, 2.75) is 37.8 Å². The van der Waals surface area contributed by atoms with Crippen LogP contribution in [-0.4, -0.2) is 28.0 Å². The Morgan fingerprint density at radius 2 is 1.87 bits per heavy atom. The summed E-state index contributed by atoms with van der Waals surface area (Å²) in [5.41, 5.74) is 0.711. The van der Waals surface area contributed by atoms with Gasteiger partial charge in [-0.25, -0.2) is 4.98 Å². The van der Waals surface area contributed by atoms with Crippen molar-refractivity contribution in [1.29, 1.82) is 0 Å². The molecule has 1 amide bonds. The van der Waals surface area contributed by atoms with Gasteiger partial charge in [-0.2, -0.15) is 0 Å². The van der Waals surface area contributed by atoms with Gasteiger partial charge in [-0.05, 0) is 72.5 Å². The zero-order chi connectivity index (χ0) is 16.1. The van der Waals surface area contributed by atoms with E-state index >= 15 is 0 Å². The Bertz CT molecular complexity index is 641. The first-order chi connectivity index (χ1) is 11.2. The summed E-state index contributed by atoms with van der Waals surface area (Å²) in [5, 5.41) is 3.11. The lowest BCUT2D eigenvalue weighted by Crippen LogP contribution is -2.39. The van der Waals surface area contributed by atoms with Crippen LogP contribution >= 0.6 is 22.6 Å². The van der Waals surface area contributed by atoms with E-state index in [1.165, 1.54) is 0 Å². The Hall–Kier alpha value is -1.70. The molecule has 5 nitrogen and oxygen atoms in total. The number of rotatable bonds is 4. The Labute approximate surface area is 149 Å². The molecule has 0 saturated heterocycles. The summed E-state index contributed by atoms with van der Waals surface area (Å²) < 4.78 is 6.95. The van der Waals surface area contributed by atoms with Gasteiger partial charge in [0.1, 0.15) is 6.10 Å². The zero-order valence-electron chi connectivity index (χ0n) is 12.6. The monoisotopic (exact) mass is 423 g/mol. The van der Waals surface area contributed by atoms with Crippen LogP contribution in [0, 0.1) is 3.57 Å². The summed E-state index contributed by atoms with van der Waals surface area (Å²) in [6, 6.07) is 7.82. The van der Waals surface area contributed by atoms with Crippen LogP contribution < -0.4 is 10.1 Å². The quantitative estimate of drug-likeness (QED) is 0.768. The van der Waals surface area contributed by atoms with Gasteiger partial charge in [0, 0.05) is 27.6 Å². The lowest BCUT2D eigenvalue weighted by atomic mass is 9.92. The van der Waals surface area contributed by atoms with Crippen LogP contribution in [0.4, 0.5) is 0 Å². The third-order valence-electron chi connectivity index (χ3n) is 3.94. The maximum Gasteiger partial charge on any atom is 0.251 e. The summed E-state index contributed by atoms with van der Waals surface area (Å²) in [6.07, 6.45) is 8.69. The predicted molar refractivity (Wildman–Crippen MR) is 95.3 cm³/mol. The Morgan fingerprint density at radius 1 is 1.13 bits per heavy atom. The smallest absolute Gasteiger partial charge is 0.251 e. The summed E-state index contributed by atoms with van der Waals surface area (Å²) in [6.45, 7) is 0. The largest absolute Gasteiger partial charge is 0.473 e. The number of carbonyl (C=O) groups is 1. The van der Waals surface area contributed by atoms with Gasteiger partial charge in [-0.3, -0.25) is 9.78 Å². The topological polar surface area (TPSA) is 64.1 Å². The van der Waals surface area contributed by atoms with Crippen molar-refractivity contribution in [2.24, 2.45) is 0 Å². The number of benzene rings is 1. The molecule has 120 valence electrons. The molecule has 6 heteroatoms. The highest BCUT2D eigenvalue weighted by atomic mass is 127. The molecular formula is C17H18IN3O2. The van der Waals surface area contributed by atoms with Crippen molar-refractivity contribution in [2.75, 3.05) is 0 Å². The molecule has 1 heterocycles. The van der Waals surface area contributed by atoms with Crippen LogP contribution in [0.2, 0.25) is 0 Å². The van der Waals surface area contributed by atoms with E-state index in [0.717, 1.165) is 29.3 Å². The van der Waals surface area contributed by atoms with Gasteiger partial charge in [0.25, 0.3) is 5.91 Å². The molecular weight excluding hydrogens is 405 g/mol.